The van der Waals surface area contributed by atoms with Gasteiger partial charge in [0.15, 0.2) is 0 Å². The first-order chi connectivity index (χ1) is 5.27. The molecule has 2 nitrogen and oxygen atoms in total. The van der Waals surface area contributed by atoms with Gasteiger partial charge in [0, 0.05) is 25.6 Å². The van der Waals surface area contributed by atoms with Crippen molar-refractivity contribution >= 4 is 18.0 Å². The Bertz CT molecular complexity index is 130. The third-order valence-corrected chi connectivity index (χ3v) is 1.74. The summed E-state index contributed by atoms with van der Waals surface area (Å²) in [5.41, 5.74) is 0. The van der Waals surface area contributed by atoms with Crippen LogP contribution in [0, 0.1) is 0 Å². The number of hydrogen-bond acceptors (Lipinski definition) is 3. The molecule has 0 unspecified atom stereocenters. The SMILES string of the molecule is C/N=C/CS/C=C\CN(C)C. The van der Waals surface area contributed by atoms with Crippen LogP contribution in [-0.2, 0) is 0 Å². The lowest BCUT2D eigenvalue weighted by molar-refractivity contribution is 0.457. The van der Waals surface area contributed by atoms with E-state index in [4.69, 9.17) is 0 Å². The molecule has 0 aromatic carbocycles. The monoisotopic (exact) mass is 172 g/mol. The summed E-state index contributed by atoms with van der Waals surface area (Å²) in [6.07, 6.45) is 4.05. The third-order valence-electron chi connectivity index (χ3n) is 1.02. The van der Waals surface area contributed by atoms with Gasteiger partial charge < -0.3 is 4.90 Å². The molecule has 0 aliphatic heterocycles. The summed E-state index contributed by atoms with van der Waals surface area (Å²) >= 11 is 1.76. The fourth-order valence-electron chi connectivity index (χ4n) is 0.495. The fraction of sp³-hybridized carbons (Fsp3) is 0.625. The minimum absolute atomic E-state index is 0.973. The van der Waals surface area contributed by atoms with Crippen molar-refractivity contribution in [1.82, 2.24) is 4.90 Å². The Morgan fingerprint density at radius 3 is 2.73 bits per heavy atom. The highest BCUT2D eigenvalue weighted by atomic mass is 32.2. The van der Waals surface area contributed by atoms with Gasteiger partial charge in [-0.15, -0.1) is 11.8 Å². The van der Waals surface area contributed by atoms with Crippen LogP contribution in [0.5, 0.6) is 0 Å². The molecule has 0 saturated carbocycles. The summed E-state index contributed by atoms with van der Waals surface area (Å²) in [6.45, 7) is 1.01. The first-order valence-electron chi connectivity index (χ1n) is 3.59. The van der Waals surface area contributed by atoms with Crippen molar-refractivity contribution in [3.05, 3.63) is 11.5 Å². The van der Waals surface area contributed by atoms with Gasteiger partial charge in [0.25, 0.3) is 0 Å². The van der Waals surface area contributed by atoms with E-state index in [1.165, 1.54) is 0 Å². The van der Waals surface area contributed by atoms with Crippen molar-refractivity contribution in [2.24, 2.45) is 4.99 Å². The Morgan fingerprint density at radius 2 is 2.18 bits per heavy atom. The molecule has 11 heavy (non-hydrogen) atoms. The summed E-state index contributed by atoms with van der Waals surface area (Å²) in [4.78, 5) is 6.01. The zero-order valence-corrected chi connectivity index (χ0v) is 8.27. The van der Waals surface area contributed by atoms with E-state index in [2.05, 4.69) is 35.5 Å². The Labute approximate surface area is 73.4 Å². The van der Waals surface area contributed by atoms with E-state index in [1.807, 2.05) is 6.21 Å². The van der Waals surface area contributed by atoms with E-state index >= 15 is 0 Å². The Morgan fingerprint density at radius 1 is 1.45 bits per heavy atom. The maximum absolute atomic E-state index is 3.88. The van der Waals surface area contributed by atoms with Gasteiger partial charge in [-0.1, -0.05) is 6.08 Å². The molecule has 0 aromatic heterocycles. The summed E-state index contributed by atoms with van der Waals surface area (Å²) in [5, 5.41) is 2.11. The maximum Gasteiger partial charge on any atom is 0.0325 e. The lowest BCUT2D eigenvalue weighted by Gasteiger charge is -2.02. The largest absolute Gasteiger partial charge is 0.306 e. The molecule has 0 aromatic rings. The molecule has 0 spiro atoms. The van der Waals surface area contributed by atoms with Crippen LogP contribution in [0.3, 0.4) is 0 Å². The van der Waals surface area contributed by atoms with Crippen molar-refractivity contribution in [3.63, 3.8) is 0 Å². The molecule has 0 heterocycles. The van der Waals surface area contributed by atoms with Crippen molar-refractivity contribution < 1.29 is 0 Å². The van der Waals surface area contributed by atoms with Crippen LogP contribution in [0.25, 0.3) is 0 Å². The van der Waals surface area contributed by atoms with Crippen LogP contribution in [-0.4, -0.2) is 44.6 Å². The number of nitrogens with zero attached hydrogens (tertiary/aromatic N) is 2. The van der Waals surface area contributed by atoms with Crippen molar-refractivity contribution in [3.8, 4) is 0 Å². The summed E-state index contributed by atoms with van der Waals surface area (Å²) in [5.74, 6) is 0.973. The Kier molecular flexibility index (Phi) is 7.62. The van der Waals surface area contributed by atoms with E-state index < -0.39 is 0 Å². The molecule has 0 atom stereocenters. The molecule has 0 amide bonds. The highest BCUT2D eigenvalue weighted by molar-refractivity contribution is 8.02. The Balaban J connectivity index is 3.16. The van der Waals surface area contributed by atoms with E-state index in [1.54, 1.807) is 18.8 Å². The second-order valence-electron chi connectivity index (χ2n) is 2.41. The average Bonchev–Trinajstić information content (AvgIpc) is 1.96. The average molecular weight is 172 g/mol. The van der Waals surface area contributed by atoms with Crippen molar-refractivity contribution in [2.45, 2.75) is 0 Å². The van der Waals surface area contributed by atoms with Crippen LogP contribution in [0.4, 0.5) is 0 Å². The molecule has 0 aliphatic carbocycles. The van der Waals surface area contributed by atoms with E-state index in [-0.39, 0.29) is 0 Å². The van der Waals surface area contributed by atoms with Gasteiger partial charge in [-0.2, -0.15) is 0 Å². The number of rotatable bonds is 5. The first-order valence-corrected chi connectivity index (χ1v) is 4.64. The lowest BCUT2D eigenvalue weighted by atomic mass is 10.6. The number of thioether (sulfide) groups is 1. The molecule has 0 radical (unpaired) electrons. The number of aliphatic imine (C=N–C) groups is 1. The van der Waals surface area contributed by atoms with Crippen LogP contribution in [0.15, 0.2) is 16.5 Å². The van der Waals surface area contributed by atoms with E-state index in [0.29, 0.717) is 0 Å². The molecule has 0 saturated heterocycles. The maximum atomic E-state index is 3.88. The second kappa shape index (κ2) is 7.82. The minimum Gasteiger partial charge on any atom is -0.306 e. The normalized spacial score (nSPS) is 12.4. The highest BCUT2D eigenvalue weighted by Gasteiger charge is 1.81. The molecular weight excluding hydrogens is 156 g/mol. The first kappa shape index (κ1) is 10.7. The smallest absolute Gasteiger partial charge is 0.0325 e. The predicted molar refractivity (Wildman–Crippen MR) is 54.6 cm³/mol. The van der Waals surface area contributed by atoms with Gasteiger partial charge in [0.05, 0.1) is 0 Å². The van der Waals surface area contributed by atoms with Gasteiger partial charge >= 0.3 is 0 Å². The van der Waals surface area contributed by atoms with Crippen LogP contribution in [0.2, 0.25) is 0 Å². The van der Waals surface area contributed by atoms with Crippen LogP contribution in [0.1, 0.15) is 0 Å². The number of likely N-dealkylation sites (N-methyl/N-ethyl adjacent to an activating group) is 1. The standard InChI is InChI=1S/C8H16N2S/c1-9-5-8-11-7-4-6-10(2)3/h4-5,7H,6,8H2,1-3H3/b7-4-,9-5+. The highest BCUT2D eigenvalue weighted by Crippen LogP contribution is 1.98. The third kappa shape index (κ3) is 9.72. The summed E-state index contributed by atoms with van der Waals surface area (Å²) in [6, 6.07) is 0. The summed E-state index contributed by atoms with van der Waals surface area (Å²) in [7, 11) is 5.91. The predicted octanol–water partition coefficient (Wildman–Crippen LogP) is 1.50. The van der Waals surface area contributed by atoms with Crippen LogP contribution >= 0.6 is 11.8 Å². The van der Waals surface area contributed by atoms with Crippen molar-refractivity contribution in [2.75, 3.05) is 33.4 Å². The molecule has 0 bridgehead atoms. The second-order valence-corrected chi connectivity index (χ2v) is 3.35. The van der Waals surface area contributed by atoms with Gasteiger partial charge in [-0.25, -0.2) is 0 Å². The van der Waals surface area contributed by atoms with E-state index in [9.17, 15) is 0 Å². The zero-order valence-electron chi connectivity index (χ0n) is 7.45. The molecule has 0 rings (SSSR count). The summed E-state index contributed by atoms with van der Waals surface area (Å²) < 4.78 is 0. The van der Waals surface area contributed by atoms with Gasteiger partial charge in [0.1, 0.15) is 0 Å². The quantitative estimate of drug-likeness (QED) is 0.461. The topological polar surface area (TPSA) is 15.6 Å². The lowest BCUT2D eigenvalue weighted by Crippen LogP contribution is -2.10. The molecule has 0 aliphatic rings. The molecule has 0 fully saturated rings. The fourth-order valence-corrected chi connectivity index (χ4v) is 1.06. The molecular formula is C8H16N2S. The molecule has 64 valence electrons. The van der Waals surface area contributed by atoms with Crippen LogP contribution < -0.4 is 0 Å². The molecule has 0 N–H and O–H groups in total. The Hall–Kier alpha value is -0.280. The van der Waals surface area contributed by atoms with Gasteiger partial charge in [-0.05, 0) is 19.5 Å². The molecule has 3 heteroatoms. The minimum atomic E-state index is 0.973. The zero-order chi connectivity index (χ0) is 8.53. The van der Waals surface area contributed by atoms with E-state index in [0.717, 1.165) is 12.3 Å². The van der Waals surface area contributed by atoms with Crippen molar-refractivity contribution in [1.29, 1.82) is 0 Å². The van der Waals surface area contributed by atoms with Gasteiger partial charge in [-0.3, -0.25) is 4.99 Å². The number of hydrogen-bond donors (Lipinski definition) is 0. The van der Waals surface area contributed by atoms with Gasteiger partial charge in [0.2, 0.25) is 0 Å².